The number of aromatic nitrogens is 1. The maximum absolute atomic E-state index is 12.2. The molecule has 0 bridgehead atoms. The molecule has 0 aliphatic heterocycles. The molecule has 0 spiro atoms. The third-order valence-electron chi connectivity index (χ3n) is 2.98. The summed E-state index contributed by atoms with van der Waals surface area (Å²) >= 11 is 0. The summed E-state index contributed by atoms with van der Waals surface area (Å²) in [6, 6.07) is 11.7. The minimum absolute atomic E-state index is 0.151. The number of pyridine rings is 1. The molecule has 0 radical (unpaired) electrons. The molecule has 1 aromatic heterocycles. The molecule has 98 valence electrons. The van der Waals surface area contributed by atoms with Crippen molar-refractivity contribution < 1.29 is 4.79 Å². The van der Waals surface area contributed by atoms with Crippen molar-refractivity contribution in [2.75, 3.05) is 0 Å². The first-order valence-corrected chi connectivity index (χ1v) is 6.66. The van der Waals surface area contributed by atoms with Gasteiger partial charge in [0.15, 0.2) is 5.78 Å². The first-order chi connectivity index (χ1) is 9.15. The number of rotatable bonds is 5. The average Bonchev–Trinajstić information content (AvgIpc) is 2.39. The molecule has 0 fully saturated rings. The van der Waals surface area contributed by atoms with Crippen molar-refractivity contribution in [1.82, 2.24) is 4.98 Å². The number of ketones is 1. The van der Waals surface area contributed by atoms with E-state index in [0.29, 0.717) is 12.3 Å². The van der Waals surface area contributed by atoms with Crippen LogP contribution in [0.3, 0.4) is 0 Å². The summed E-state index contributed by atoms with van der Waals surface area (Å²) in [4.78, 5) is 16.3. The van der Waals surface area contributed by atoms with Gasteiger partial charge in [0.1, 0.15) is 0 Å². The molecule has 0 amide bonds. The fourth-order valence-corrected chi connectivity index (χ4v) is 2.13. The molecule has 1 heterocycles. The Morgan fingerprint density at radius 2 is 1.95 bits per heavy atom. The lowest BCUT2D eigenvalue weighted by Gasteiger charge is -2.07. The molecule has 0 N–H and O–H groups in total. The van der Waals surface area contributed by atoms with Gasteiger partial charge in [-0.15, -0.1) is 0 Å². The third-order valence-corrected chi connectivity index (χ3v) is 2.98. The molecule has 2 aromatic rings. The van der Waals surface area contributed by atoms with E-state index in [1.54, 1.807) is 12.4 Å². The van der Waals surface area contributed by atoms with Gasteiger partial charge in [-0.25, -0.2) is 0 Å². The Kier molecular flexibility index (Phi) is 4.45. The van der Waals surface area contributed by atoms with Gasteiger partial charge < -0.3 is 0 Å². The smallest absolute Gasteiger partial charge is 0.167 e. The van der Waals surface area contributed by atoms with Crippen molar-refractivity contribution in [2.45, 2.75) is 26.7 Å². The zero-order valence-electron chi connectivity index (χ0n) is 11.5. The minimum Gasteiger partial charge on any atom is -0.294 e. The summed E-state index contributed by atoms with van der Waals surface area (Å²) < 4.78 is 0. The van der Waals surface area contributed by atoms with Crippen LogP contribution in [0, 0.1) is 5.92 Å². The molecule has 0 aliphatic rings. The van der Waals surface area contributed by atoms with Crippen molar-refractivity contribution in [1.29, 1.82) is 0 Å². The molecule has 2 heteroatoms. The summed E-state index contributed by atoms with van der Waals surface area (Å²) in [6.45, 7) is 4.37. The van der Waals surface area contributed by atoms with E-state index in [1.807, 2.05) is 30.3 Å². The molecular formula is C17H19NO. The first kappa shape index (κ1) is 13.5. The van der Waals surface area contributed by atoms with Gasteiger partial charge in [0.2, 0.25) is 0 Å². The van der Waals surface area contributed by atoms with Gasteiger partial charge in [-0.2, -0.15) is 0 Å². The Hall–Kier alpha value is -1.96. The zero-order valence-corrected chi connectivity index (χ0v) is 11.5. The van der Waals surface area contributed by atoms with Crippen LogP contribution < -0.4 is 0 Å². The standard InChI is InChI=1S/C17H19NO/c1-13(2)9-14-5-3-7-16(10-14)17(19)11-15-6-4-8-18-12-15/h3-8,10,12-13H,9,11H2,1-2H3. The van der Waals surface area contributed by atoms with Crippen LogP contribution in [0.4, 0.5) is 0 Å². The van der Waals surface area contributed by atoms with Gasteiger partial charge in [-0.05, 0) is 35.6 Å². The van der Waals surface area contributed by atoms with Crippen LogP contribution in [0.15, 0.2) is 48.8 Å². The predicted octanol–water partition coefficient (Wildman–Crippen LogP) is 3.71. The minimum atomic E-state index is 0.151. The lowest BCUT2D eigenvalue weighted by Crippen LogP contribution is -2.05. The highest BCUT2D eigenvalue weighted by atomic mass is 16.1. The lowest BCUT2D eigenvalue weighted by molar-refractivity contribution is 0.0992. The SMILES string of the molecule is CC(C)Cc1cccc(C(=O)Cc2cccnc2)c1. The topological polar surface area (TPSA) is 30.0 Å². The van der Waals surface area contributed by atoms with Crippen LogP contribution in [0.5, 0.6) is 0 Å². The van der Waals surface area contributed by atoms with Crippen LogP contribution in [0.2, 0.25) is 0 Å². The average molecular weight is 253 g/mol. The highest BCUT2D eigenvalue weighted by Gasteiger charge is 2.08. The molecule has 2 rings (SSSR count). The van der Waals surface area contributed by atoms with E-state index in [0.717, 1.165) is 17.5 Å². The van der Waals surface area contributed by atoms with E-state index in [2.05, 4.69) is 24.9 Å². The Morgan fingerprint density at radius 1 is 1.16 bits per heavy atom. The van der Waals surface area contributed by atoms with E-state index in [9.17, 15) is 4.79 Å². The van der Waals surface area contributed by atoms with Crippen molar-refractivity contribution in [3.63, 3.8) is 0 Å². The van der Waals surface area contributed by atoms with E-state index >= 15 is 0 Å². The monoisotopic (exact) mass is 253 g/mol. The third kappa shape index (κ3) is 4.02. The first-order valence-electron chi connectivity index (χ1n) is 6.66. The maximum atomic E-state index is 12.2. The Morgan fingerprint density at radius 3 is 2.63 bits per heavy atom. The van der Waals surface area contributed by atoms with E-state index in [4.69, 9.17) is 0 Å². The normalized spacial score (nSPS) is 10.7. The number of nitrogens with zero attached hydrogens (tertiary/aromatic N) is 1. The summed E-state index contributed by atoms with van der Waals surface area (Å²) in [6.07, 6.45) is 4.89. The zero-order chi connectivity index (χ0) is 13.7. The van der Waals surface area contributed by atoms with Crippen LogP contribution >= 0.6 is 0 Å². The van der Waals surface area contributed by atoms with Crippen LogP contribution in [0.25, 0.3) is 0 Å². The number of Topliss-reactive ketones (excluding diaryl/α,β-unsaturated/α-hetero) is 1. The highest BCUT2D eigenvalue weighted by molar-refractivity contribution is 5.97. The quantitative estimate of drug-likeness (QED) is 0.760. The molecule has 0 aliphatic carbocycles. The second-order valence-corrected chi connectivity index (χ2v) is 5.26. The molecule has 2 nitrogen and oxygen atoms in total. The molecule has 0 atom stereocenters. The summed E-state index contributed by atoms with van der Waals surface area (Å²) in [7, 11) is 0. The number of hydrogen-bond acceptors (Lipinski definition) is 2. The summed E-state index contributed by atoms with van der Waals surface area (Å²) in [5.74, 6) is 0.752. The van der Waals surface area contributed by atoms with Crippen LogP contribution in [0.1, 0.15) is 35.3 Å². The Balaban J connectivity index is 2.11. The van der Waals surface area contributed by atoms with Crippen molar-refractivity contribution in [2.24, 2.45) is 5.92 Å². The predicted molar refractivity (Wildman–Crippen MR) is 77.3 cm³/mol. The van der Waals surface area contributed by atoms with Crippen molar-refractivity contribution >= 4 is 5.78 Å². The largest absolute Gasteiger partial charge is 0.294 e. The number of hydrogen-bond donors (Lipinski definition) is 0. The van der Waals surface area contributed by atoms with Gasteiger partial charge in [-0.1, -0.05) is 38.1 Å². The summed E-state index contributed by atoms with van der Waals surface area (Å²) in [5, 5.41) is 0. The second kappa shape index (κ2) is 6.28. The second-order valence-electron chi connectivity index (χ2n) is 5.26. The fourth-order valence-electron chi connectivity index (χ4n) is 2.13. The molecule has 0 unspecified atom stereocenters. The van der Waals surface area contributed by atoms with Gasteiger partial charge in [0.05, 0.1) is 0 Å². The van der Waals surface area contributed by atoms with Gasteiger partial charge >= 0.3 is 0 Å². The highest BCUT2D eigenvalue weighted by Crippen LogP contribution is 2.13. The molecule has 1 aromatic carbocycles. The van der Waals surface area contributed by atoms with E-state index < -0.39 is 0 Å². The maximum Gasteiger partial charge on any atom is 0.167 e. The molecule has 0 saturated carbocycles. The lowest BCUT2D eigenvalue weighted by atomic mass is 9.98. The Labute approximate surface area is 114 Å². The van der Waals surface area contributed by atoms with Crippen molar-refractivity contribution in [3.05, 3.63) is 65.5 Å². The van der Waals surface area contributed by atoms with E-state index in [-0.39, 0.29) is 5.78 Å². The Bertz CT molecular complexity index is 546. The molecule has 0 saturated heterocycles. The fraction of sp³-hybridized carbons (Fsp3) is 0.294. The van der Waals surface area contributed by atoms with Crippen molar-refractivity contribution in [3.8, 4) is 0 Å². The number of carbonyl (C=O) groups excluding carboxylic acids is 1. The van der Waals surface area contributed by atoms with Crippen LogP contribution in [-0.2, 0) is 12.8 Å². The molecule has 19 heavy (non-hydrogen) atoms. The van der Waals surface area contributed by atoms with Gasteiger partial charge in [-0.3, -0.25) is 9.78 Å². The van der Waals surface area contributed by atoms with Gasteiger partial charge in [0.25, 0.3) is 0 Å². The number of carbonyl (C=O) groups is 1. The van der Waals surface area contributed by atoms with E-state index in [1.165, 1.54) is 5.56 Å². The van der Waals surface area contributed by atoms with Gasteiger partial charge in [0, 0.05) is 24.4 Å². The molecular weight excluding hydrogens is 234 g/mol. The summed E-state index contributed by atoms with van der Waals surface area (Å²) in [5.41, 5.74) is 2.98. The van der Waals surface area contributed by atoms with Crippen LogP contribution in [-0.4, -0.2) is 10.8 Å². The number of benzene rings is 1.